The first kappa shape index (κ1) is 52.9. The number of allylic oxidation sites excluding steroid dienone is 12. The van der Waals surface area contributed by atoms with Crippen LogP contribution >= 0.6 is 0 Å². The molecule has 6 heteroatoms. The van der Waals surface area contributed by atoms with E-state index in [1.807, 2.05) is 0 Å². The van der Waals surface area contributed by atoms with Crippen molar-refractivity contribution in [3.8, 4) is 0 Å². The molecular formula is C50H84O6. The van der Waals surface area contributed by atoms with E-state index in [1.165, 1.54) is 51.4 Å². The van der Waals surface area contributed by atoms with Crippen molar-refractivity contribution in [2.24, 2.45) is 0 Å². The maximum absolute atomic E-state index is 12.7. The summed E-state index contributed by atoms with van der Waals surface area (Å²) < 4.78 is 16.6. The number of hydrogen-bond donors (Lipinski definition) is 0. The van der Waals surface area contributed by atoms with Gasteiger partial charge in [-0.15, -0.1) is 0 Å². The van der Waals surface area contributed by atoms with E-state index >= 15 is 0 Å². The summed E-state index contributed by atoms with van der Waals surface area (Å²) >= 11 is 0. The molecule has 320 valence electrons. The monoisotopic (exact) mass is 781 g/mol. The number of ether oxygens (including phenoxy) is 3. The third-order valence-corrected chi connectivity index (χ3v) is 9.45. The summed E-state index contributed by atoms with van der Waals surface area (Å²) in [5, 5.41) is 0. The number of unbranched alkanes of at least 4 members (excludes halogenated alkanes) is 17. The molecule has 0 aromatic carbocycles. The van der Waals surface area contributed by atoms with Crippen molar-refractivity contribution in [1.29, 1.82) is 0 Å². The van der Waals surface area contributed by atoms with Gasteiger partial charge in [-0.1, -0.05) is 177 Å². The Labute approximate surface area is 344 Å². The molecule has 0 saturated carbocycles. The first-order valence-corrected chi connectivity index (χ1v) is 22.9. The Bertz CT molecular complexity index is 1080. The third kappa shape index (κ3) is 42.0. The summed E-state index contributed by atoms with van der Waals surface area (Å²) in [6.45, 7) is 6.40. The lowest BCUT2D eigenvalue weighted by Crippen LogP contribution is -2.30. The van der Waals surface area contributed by atoms with E-state index in [0.717, 1.165) is 116 Å². The highest BCUT2D eigenvalue weighted by Gasteiger charge is 2.19. The van der Waals surface area contributed by atoms with Crippen LogP contribution in [0.5, 0.6) is 0 Å². The van der Waals surface area contributed by atoms with Crippen LogP contribution in [0.15, 0.2) is 72.9 Å². The van der Waals surface area contributed by atoms with E-state index in [9.17, 15) is 14.4 Å². The Morgan fingerprint density at radius 3 is 1.18 bits per heavy atom. The molecule has 0 fully saturated rings. The SMILES string of the molecule is CC/C=C\C/C=C\C/C=C\C/C=C\C/C=C\CCCCCC(=O)OCC(COC(=O)CCCCCCCCCCC)OC(=O)CCCCCC/C=C\CCCC. The molecule has 0 spiro atoms. The van der Waals surface area contributed by atoms with E-state index in [1.54, 1.807) is 0 Å². The predicted molar refractivity (Wildman–Crippen MR) is 238 cm³/mol. The van der Waals surface area contributed by atoms with E-state index in [-0.39, 0.29) is 31.1 Å². The molecule has 0 saturated heterocycles. The highest BCUT2D eigenvalue weighted by molar-refractivity contribution is 5.71. The Hall–Kier alpha value is -3.15. The highest BCUT2D eigenvalue weighted by atomic mass is 16.6. The van der Waals surface area contributed by atoms with Crippen LogP contribution in [0.25, 0.3) is 0 Å². The largest absolute Gasteiger partial charge is 0.462 e. The number of rotatable bonds is 40. The topological polar surface area (TPSA) is 78.9 Å². The van der Waals surface area contributed by atoms with Crippen LogP contribution in [-0.2, 0) is 28.6 Å². The van der Waals surface area contributed by atoms with Gasteiger partial charge in [-0.2, -0.15) is 0 Å². The van der Waals surface area contributed by atoms with Gasteiger partial charge in [0.15, 0.2) is 6.10 Å². The second-order valence-corrected chi connectivity index (χ2v) is 14.9. The molecule has 1 unspecified atom stereocenters. The zero-order chi connectivity index (χ0) is 40.8. The summed E-state index contributed by atoms with van der Waals surface area (Å²) in [5.74, 6) is -0.946. The minimum absolute atomic E-state index is 0.0904. The Balaban J connectivity index is 4.39. The summed E-state index contributed by atoms with van der Waals surface area (Å²) in [7, 11) is 0. The van der Waals surface area contributed by atoms with Crippen LogP contribution in [0.4, 0.5) is 0 Å². The first-order chi connectivity index (χ1) is 27.5. The molecule has 0 radical (unpaired) electrons. The van der Waals surface area contributed by atoms with Crippen LogP contribution in [0, 0.1) is 0 Å². The molecule has 0 N–H and O–H groups in total. The number of hydrogen-bond acceptors (Lipinski definition) is 6. The third-order valence-electron chi connectivity index (χ3n) is 9.45. The summed E-state index contributed by atoms with van der Waals surface area (Å²) in [5.41, 5.74) is 0. The van der Waals surface area contributed by atoms with Gasteiger partial charge in [0.1, 0.15) is 13.2 Å². The summed E-state index contributed by atoms with van der Waals surface area (Å²) in [6.07, 6.45) is 54.6. The van der Waals surface area contributed by atoms with Crippen LogP contribution in [0.2, 0.25) is 0 Å². The van der Waals surface area contributed by atoms with Crippen molar-refractivity contribution in [1.82, 2.24) is 0 Å². The fourth-order valence-corrected chi connectivity index (χ4v) is 5.98. The van der Waals surface area contributed by atoms with Crippen molar-refractivity contribution < 1.29 is 28.6 Å². The van der Waals surface area contributed by atoms with Crippen molar-refractivity contribution in [2.75, 3.05) is 13.2 Å². The molecule has 0 aliphatic carbocycles. The van der Waals surface area contributed by atoms with Crippen molar-refractivity contribution >= 4 is 17.9 Å². The molecule has 0 amide bonds. The lowest BCUT2D eigenvalue weighted by atomic mass is 10.1. The summed E-state index contributed by atoms with van der Waals surface area (Å²) in [6, 6.07) is 0. The molecular weight excluding hydrogens is 697 g/mol. The number of carbonyl (C=O) groups excluding carboxylic acids is 3. The minimum Gasteiger partial charge on any atom is -0.462 e. The van der Waals surface area contributed by atoms with Crippen LogP contribution in [0.1, 0.15) is 207 Å². The van der Waals surface area contributed by atoms with Gasteiger partial charge in [0, 0.05) is 19.3 Å². The molecule has 1 atom stereocenters. The maximum atomic E-state index is 12.7. The van der Waals surface area contributed by atoms with E-state index in [2.05, 4.69) is 93.7 Å². The molecule has 0 bridgehead atoms. The quantitative estimate of drug-likeness (QED) is 0.0267. The standard InChI is InChI=1S/C50H84O6/c1-4-7-10-13-16-19-21-22-23-24-25-26-27-28-29-32-34-37-40-43-49(52)55-46-47(45-54-48(51)42-39-36-33-30-18-15-12-9-6-3)56-50(53)44-41-38-35-31-20-17-14-11-8-5-2/h7,10,14,16-17,19,22-23,25-26,28-29,47H,4-6,8-9,11-13,15,18,20-21,24,27,30-46H2,1-3H3/b10-7-,17-14-,19-16-,23-22-,26-25-,29-28-. The van der Waals surface area contributed by atoms with Gasteiger partial charge in [-0.05, 0) is 83.5 Å². The van der Waals surface area contributed by atoms with Crippen molar-refractivity contribution in [3.05, 3.63) is 72.9 Å². The highest BCUT2D eigenvalue weighted by Crippen LogP contribution is 2.13. The van der Waals surface area contributed by atoms with Gasteiger partial charge in [0.05, 0.1) is 0 Å². The number of carbonyl (C=O) groups is 3. The average molecular weight is 781 g/mol. The second kappa shape index (κ2) is 44.6. The van der Waals surface area contributed by atoms with E-state index in [0.29, 0.717) is 19.3 Å². The van der Waals surface area contributed by atoms with Gasteiger partial charge >= 0.3 is 17.9 Å². The van der Waals surface area contributed by atoms with Gasteiger partial charge in [0.25, 0.3) is 0 Å². The Morgan fingerprint density at radius 1 is 0.375 bits per heavy atom. The van der Waals surface area contributed by atoms with Crippen LogP contribution < -0.4 is 0 Å². The molecule has 6 nitrogen and oxygen atoms in total. The fourth-order valence-electron chi connectivity index (χ4n) is 5.98. The van der Waals surface area contributed by atoms with Crippen LogP contribution in [-0.4, -0.2) is 37.2 Å². The Kier molecular flexibility index (Phi) is 42.1. The normalized spacial score (nSPS) is 12.7. The molecule has 0 aromatic rings. The second-order valence-electron chi connectivity index (χ2n) is 14.9. The van der Waals surface area contributed by atoms with Gasteiger partial charge < -0.3 is 14.2 Å². The molecule has 0 heterocycles. The molecule has 0 rings (SSSR count). The fraction of sp³-hybridized carbons (Fsp3) is 0.700. The van der Waals surface area contributed by atoms with Gasteiger partial charge in [0.2, 0.25) is 0 Å². The number of esters is 3. The maximum Gasteiger partial charge on any atom is 0.306 e. The summed E-state index contributed by atoms with van der Waals surface area (Å²) in [4.78, 5) is 37.6. The zero-order valence-corrected chi connectivity index (χ0v) is 36.4. The van der Waals surface area contributed by atoms with Crippen LogP contribution in [0.3, 0.4) is 0 Å². The van der Waals surface area contributed by atoms with Gasteiger partial charge in [-0.3, -0.25) is 14.4 Å². The van der Waals surface area contributed by atoms with E-state index < -0.39 is 6.10 Å². The molecule has 0 aliphatic heterocycles. The van der Waals surface area contributed by atoms with Gasteiger partial charge in [-0.25, -0.2) is 0 Å². The smallest absolute Gasteiger partial charge is 0.306 e. The lowest BCUT2D eigenvalue weighted by molar-refractivity contribution is -0.167. The average Bonchev–Trinajstić information content (AvgIpc) is 3.19. The predicted octanol–water partition coefficient (Wildman–Crippen LogP) is 14.7. The first-order valence-electron chi connectivity index (χ1n) is 22.9. The van der Waals surface area contributed by atoms with Crippen molar-refractivity contribution in [2.45, 2.75) is 213 Å². The molecule has 56 heavy (non-hydrogen) atoms. The Morgan fingerprint density at radius 2 is 0.714 bits per heavy atom. The lowest BCUT2D eigenvalue weighted by Gasteiger charge is -2.18. The van der Waals surface area contributed by atoms with Crippen molar-refractivity contribution in [3.63, 3.8) is 0 Å². The minimum atomic E-state index is -0.790. The zero-order valence-electron chi connectivity index (χ0n) is 36.4. The molecule has 0 aromatic heterocycles. The van der Waals surface area contributed by atoms with E-state index in [4.69, 9.17) is 14.2 Å². The molecule has 0 aliphatic rings.